The molecule has 3 aliphatic rings. The molecule has 2 aromatic carbocycles. The number of carbonyl (C=O) groups is 3. The number of carbonyl (C=O) groups excluding carboxylic acids is 3. The van der Waals surface area contributed by atoms with E-state index in [-0.39, 0.29) is 35.1 Å². The van der Waals surface area contributed by atoms with Crippen molar-refractivity contribution >= 4 is 28.8 Å². The van der Waals surface area contributed by atoms with Crippen LogP contribution in [0.25, 0.3) is 0 Å². The summed E-state index contributed by atoms with van der Waals surface area (Å²) in [7, 11) is 6.85. The van der Waals surface area contributed by atoms with E-state index in [1.807, 2.05) is 31.1 Å². The first-order chi connectivity index (χ1) is 20.9. The molecule has 1 amide bonds. The van der Waals surface area contributed by atoms with Gasteiger partial charge < -0.3 is 36.4 Å². The van der Waals surface area contributed by atoms with Crippen LogP contribution in [0.2, 0.25) is 0 Å². The van der Waals surface area contributed by atoms with Gasteiger partial charge in [-0.15, -0.1) is 0 Å². The van der Waals surface area contributed by atoms with Crippen LogP contribution in [-0.2, 0) is 28.0 Å². The van der Waals surface area contributed by atoms with Gasteiger partial charge in [0.2, 0.25) is 5.78 Å². The molecule has 0 heterocycles. The van der Waals surface area contributed by atoms with Crippen molar-refractivity contribution in [3.05, 3.63) is 75.3 Å². The lowest BCUT2D eigenvalue weighted by atomic mass is 9.58. The Balaban J connectivity index is 1.60. The van der Waals surface area contributed by atoms with E-state index < -0.39 is 58.0 Å². The normalized spacial score (nSPS) is 24.8. The van der Waals surface area contributed by atoms with Crippen molar-refractivity contribution in [3.8, 4) is 5.75 Å². The number of nitrogens with zero attached hydrogens (tertiary/aromatic N) is 2. The van der Waals surface area contributed by atoms with Gasteiger partial charge in [0.15, 0.2) is 11.4 Å². The van der Waals surface area contributed by atoms with E-state index in [9.17, 15) is 34.8 Å². The van der Waals surface area contributed by atoms with Gasteiger partial charge in [0.1, 0.15) is 22.8 Å². The molecule has 0 aliphatic heterocycles. The summed E-state index contributed by atoms with van der Waals surface area (Å²) < 4.78 is 0. The second-order valence-corrected chi connectivity index (χ2v) is 13.8. The van der Waals surface area contributed by atoms with Crippen molar-refractivity contribution in [3.63, 3.8) is 0 Å². The van der Waals surface area contributed by atoms with Crippen LogP contribution in [0, 0.1) is 11.8 Å². The van der Waals surface area contributed by atoms with Gasteiger partial charge in [-0.2, -0.15) is 0 Å². The third kappa shape index (κ3) is 4.94. The molecular weight excluding hydrogens is 576 g/mol. The number of rotatable bonds is 6. The number of nitrogens with one attached hydrogen (secondary N) is 1. The second-order valence-electron chi connectivity index (χ2n) is 13.8. The molecule has 11 heteroatoms. The molecule has 0 bridgehead atoms. The predicted octanol–water partition coefficient (Wildman–Crippen LogP) is 3.10. The number of anilines is 2. The summed E-state index contributed by atoms with van der Waals surface area (Å²) in [5.41, 5.74) is 5.39. The summed E-state index contributed by atoms with van der Waals surface area (Å²) in [6.45, 7) is 6.77. The van der Waals surface area contributed by atoms with Gasteiger partial charge in [-0.3, -0.25) is 19.3 Å². The number of phenols is 1. The van der Waals surface area contributed by atoms with E-state index in [1.165, 1.54) is 10.5 Å². The van der Waals surface area contributed by atoms with E-state index in [2.05, 4.69) is 38.2 Å². The highest BCUT2D eigenvalue weighted by molar-refractivity contribution is 6.25. The number of amides is 1. The summed E-state index contributed by atoms with van der Waals surface area (Å²) >= 11 is 0. The van der Waals surface area contributed by atoms with Crippen LogP contribution in [0.4, 0.5) is 11.4 Å². The number of ketones is 2. The molecule has 45 heavy (non-hydrogen) atoms. The van der Waals surface area contributed by atoms with E-state index in [0.717, 1.165) is 5.56 Å². The molecule has 4 unspecified atom stereocenters. The van der Waals surface area contributed by atoms with Gasteiger partial charge in [0, 0.05) is 37.8 Å². The number of fused-ring (bicyclic) bond motifs is 3. The maximum absolute atomic E-state index is 14.2. The highest BCUT2D eigenvalue weighted by atomic mass is 16.3. The zero-order chi connectivity index (χ0) is 33.3. The highest BCUT2D eigenvalue weighted by Gasteiger charge is 2.63. The number of primary amides is 1. The predicted molar refractivity (Wildman–Crippen MR) is 170 cm³/mol. The summed E-state index contributed by atoms with van der Waals surface area (Å²) in [5, 5.41) is 49.1. The van der Waals surface area contributed by atoms with Gasteiger partial charge in [0.05, 0.1) is 17.3 Å². The monoisotopic (exact) mass is 618 g/mol. The summed E-state index contributed by atoms with van der Waals surface area (Å²) in [5.74, 6) is -6.75. The number of allylic oxidation sites excluding steroid dienone is 1. The number of benzene rings is 2. The van der Waals surface area contributed by atoms with E-state index in [4.69, 9.17) is 5.73 Å². The second kappa shape index (κ2) is 10.9. The Bertz CT molecular complexity index is 1670. The molecule has 240 valence electrons. The third-order valence-corrected chi connectivity index (χ3v) is 9.48. The number of hydrogen-bond donors (Lipinski definition) is 6. The maximum atomic E-state index is 14.2. The fourth-order valence-corrected chi connectivity index (χ4v) is 7.15. The van der Waals surface area contributed by atoms with Crippen LogP contribution >= 0.6 is 0 Å². The average molecular weight is 619 g/mol. The topological polar surface area (TPSA) is 177 Å². The maximum Gasteiger partial charge on any atom is 0.255 e. The SMILES string of the molecule is CN(C)c1cc(NCc2ccc(C(C)(C)C)cc2)c(O)c2c1CC1CC3C(N(C)C)C(O)=C(C(N)=O)C(=O)C3(O)C(O)=C1C2=O. The van der Waals surface area contributed by atoms with Crippen molar-refractivity contribution in [2.24, 2.45) is 17.6 Å². The Morgan fingerprint density at radius 3 is 2.22 bits per heavy atom. The number of hydrogen-bond acceptors (Lipinski definition) is 10. The molecule has 0 saturated heterocycles. The molecule has 0 fully saturated rings. The molecule has 5 rings (SSSR count). The van der Waals surface area contributed by atoms with E-state index in [0.29, 0.717) is 23.5 Å². The van der Waals surface area contributed by atoms with Crippen molar-refractivity contribution in [1.82, 2.24) is 4.90 Å². The first kappa shape index (κ1) is 32.1. The number of aliphatic hydroxyl groups is 3. The quantitative estimate of drug-likeness (QED) is 0.208. The molecule has 7 N–H and O–H groups in total. The molecule has 0 aromatic heterocycles. The zero-order valence-electron chi connectivity index (χ0n) is 26.7. The minimum absolute atomic E-state index is 0.00177. The fourth-order valence-electron chi connectivity index (χ4n) is 7.15. The van der Waals surface area contributed by atoms with Crippen molar-refractivity contribution < 1.29 is 34.8 Å². The Morgan fingerprint density at radius 2 is 1.69 bits per heavy atom. The molecular formula is C34H42N4O7. The van der Waals surface area contributed by atoms with Crippen LogP contribution in [0.3, 0.4) is 0 Å². The Labute approximate surface area is 262 Å². The van der Waals surface area contributed by atoms with Gasteiger partial charge >= 0.3 is 0 Å². The van der Waals surface area contributed by atoms with Gasteiger partial charge in [-0.25, -0.2) is 0 Å². The molecule has 3 aliphatic carbocycles. The zero-order valence-corrected chi connectivity index (χ0v) is 26.7. The Hall–Kier alpha value is -4.35. The molecule has 2 aromatic rings. The number of likely N-dealkylation sites (N-methyl/N-ethyl adjacent to an activating group) is 1. The molecule has 0 saturated carbocycles. The summed E-state index contributed by atoms with van der Waals surface area (Å²) in [6, 6.07) is 8.85. The highest BCUT2D eigenvalue weighted by Crippen LogP contribution is 2.54. The third-order valence-electron chi connectivity index (χ3n) is 9.48. The minimum Gasteiger partial charge on any atom is -0.510 e. The molecule has 0 spiro atoms. The standard InChI is InChI=1S/C34H42N4O7/c1-33(2,3)18-10-8-16(9-11-18)15-36-21-14-22(37(4)5)19-12-17-13-20-26(38(6)7)29(41)25(32(35)44)31(43)34(20,45)30(42)23(17)28(40)24(19)27(21)39/h8-11,14,17,20,26,36,39,41-42,45H,12-13,15H2,1-7H3,(H2,35,44). The number of phenolic OH excluding ortho intramolecular Hbond substituents is 1. The van der Waals surface area contributed by atoms with Gasteiger partial charge in [-0.05, 0) is 61.0 Å². The van der Waals surface area contributed by atoms with Gasteiger partial charge in [0.25, 0.3) is 5.91 Å². The lowest BCUT2D eigenvalue weighted by molar-refractivity contribution is -0.148. The number of Topliss-reactive ketones (excluding diaryl/α,β-unsaturated/α-hetero) is 2. The van der Waals surface area contributed by atoms with Crippen LogP contribution in [0.1, 0.15) is 54.2 Å². The summed E-state index contributed by atoms with van der Waals surface area (Å²) in [4.78, 5) is 43.4. The smallest absolute Gasteiger partial charge is 0.255 e. The van der Waals surface area contributed by atoms with Crippen LogP contribution in [0.5, 0.6) is 5.75 Å². The number of aliphatic hydroxyl groups excluding tert-OH is 2. The van der Waals surface area contributed by atoms with Crippen molar-refractivity contribution in [2.45, 2.75) is 57.2 Å². The Kier molecular flexibility index (Phi) is 7.78. The van der Waals surface area contributed by atoms with Crippen LogP contribution in [-0.4, -0.2) is 82.6 Å². The average Bonchev–Trinajstić information content (AvgIpc) is 2.93. The minimum atomic E-state index is -2.68. The lowest BCUT2D eigenvalue weighted by Gasteiger charge is -2.50. The lowest BCUT2D eigenvalue weighted by Crippen LogP contribution is -2.63. The molecule has 11 nitrogen and oxygen atoms in total. The van der Waals surface area contributed by atoms with Crippen LogP contribution in [0.15, 0.2) is 53.0 Å². The van der Waals surface area contributed by atoms with Crippen LogP contribution < -0.4 is 16.0 Å². The largest absolute Gasteiger partial charge is 0.510 e. The van der Waals surface area contributed by atoms with E-state index >= 15 is 0 Å². The van der Waals surface area contributed by atoms with Crippen molar-refractivity contribution in [2.75, 3.05) is 38.4 Å². The number of nitrogens with two attached hydrogens (primary N) is 1. The number of aromatic hydroxyl groups is 1. The first-order valence-corrected chi connectivity index (χ1v) is 14.9. The summed E-state index contributed by atoms with van der Waals surface area (Å²) in [6.07, 6.45) is 0.244. The van der Waals surface area contributed by atoms with Gasteiger partial charge in [-0.1, -0.05) is 45.0 Å². The first-order valence-electron chi connectivity index (χ1n) is 14.9. The molecule has 4 atom stereocenters. The van der Waals surface area contributed by atoms with E-state index in [1.54, 1.807) is 20.2 Å². The Morgan fingerprint density at radius 1 is 1.07 bits per heavy atom. The fraction of sp³-hybridized carbons (Fsp3) is 0.441. The molecule has 0 radical (unpaired) electrons. The van der Waals surface area contributed by atoms with Crippen molar-refractivity contribution in [1.29, 1.82) is 0 Å².